The van der Waals surface area contributed by atoms with Crippen LogP contribution in [0.2, 0.25) is 0 Å². The highest BCUT2D eigenvalue weighted by Gasteiger charge is 2.42. The molecule has 1 amide bonds. The minimum Gasteiger partial charge on any atom is -0.352 e. The molecule has 0 bridgehead atoms. The molecule has 1 saturated heterocycles. The monoisotopic (exact) mass is 260 g/mol. The van der Waals surface area contributed by atoms with E-state index in [0.717, 1.165) is 31.6 Å². The third kappa shape index (κ3) is 3.40. The van der Waals surface area contributed by atoms with Crippen LogP contribution in [0.25, 0.3) is 0 Å². The summed E-state index contributed by atoms with van der Waals surface area (Å²) in [4.78, 5) is 11.8. The molecule has 1 saturated carbocycles. The highest BCUT2D eigenvalue weighted by atomic mass is 19.3. The Morgan fingerprint density at radius 1 is 1.33 bits per heavy atom. The Bertz CT molecular complexity index is 301. The average molecular weight is 260 g/mol. The van der Waals surface area contributed by atoms with Gasteiger partial charge in [-0.2, -0.15) is 0 Å². The van der Waals surface area contributed by atoms with Crippen molar-refractivity contribution >= 4 is 5.91 Å². The fraction of sp³-hybridized carbons (Fsp3) is 0.923. The molecular formula is C13H22F2N2O. The van der Waals surface area contributed by atoms with E-state index in [1.165, 1.54) is 6.42 Å². The molecule has 2 fully saturated rings. The van der Waals surface area contributed by atoms with Crippen LogP contribution in [0, 0.1) is 5.92 Å². The van der Waals surface area contributed by atoms with Crippen LogP contribution in [-0.4, -0.2) is 30.5 Å². The molecule has 1 aliphatic heterocycles. The van der Waals surface area contributed by atoms with E-state index in [-0.39, 0.29) is 24.9 Å². The smallest absolute Gasteiger partial charge is 0.262 e. The van der Waals surface area contributed by atoms with Gasteiger partial charge in [0.25, 0.3) is 5.92 Å². The first-order valence-corrected chi connectivity index (χ1v) is 6.92. The first-order valence-electron chi connectivity index (χ1n) is 6.92. The quantitative estimate of drug-likeness (QED) is 0.815. The van der Waals surface area contributed by atoms with Gasteiger partial charge in [0.15, 0.2) is 0 Å². The predicted octanol–water partition coefficient (Wildman–Crippen LogP) is 2.07. The maximum absolute atomic E-state index is 13.0. The van der Waals surface area contributed by atoms with Crippen LogP contribution in [0.1, 0.15) is 45.4 Å². The van der Waals surface area contributed by atoms with Crippen molar-refractivity contribution in [3.63, 3.8) is 0 Å². The SMILES string of the molecule is CCC1CCC(NC(=O)C2CC(F)(F)CN2)CC1. The summed E-state index contributed by atoms with van der Waals surface area (Å²) in [5.74, 6) is -2.22. The second-order valence-corrected chi connectivity index (χ2v) is 5.63. The topological polar surface area (TPSA) is 41.1 Å². The van der Waals surface area contributed by atoms with Crippen molar-refractivity contribution < 1.29 is 13.6 Å². The van der Waals surface area contributed by atoms with E-state index in [0.29, 0.717) is 0 Å². The Labute approximate surface area is 107 Å². The second-order valence-electron chi connectivity index (χ2n) is 5.63. The van der Waals surface area contributed by atoms with Gasteiger partial charge >= 0.3 is 0 Å². The maximum Gasteiger partial charge on any atom is 0.262 e. The van der Waals surface area contributed by atoms with Gasteiger partial charge in [-0.1, -0.05) is 13.3 Å². The molecular weight excluding hydrogens is 238 g/mol. The zero-order chi connectivity index (χ0) is 13.2. The van der Waals surface area contributed by atoms with Gasteiger partial charge in [0, 0.05) is 12.5 Å². The molecule has 1 aliphatic carbocycles. The van der Waals surface area contributed by atoms with E-state index in [1.807, 2.05) is 0 Å². The van der Waals surface area contributed by atoms with Crippen molar-refractivity contribution in [2.45, 2.75) is 63.5 Å². The molecule has 18 heavy (non-hydrogen) atoms. The van der Waals surface area contributed by atoms with Gasteiger partial charge in [0.05, 0.1) is 12.6 Å². The number of amides is 1. The number of carbonyl (C=O) groups is 1. The van der Waals surface area contributed by atoms with Gasteiger partial charge in [0.1, 0.15) is 0 Å². The summed E-state index contributed by atoms with van der Waals surface area (Å²) in [5, 5.41) is 5.50. The minimum absolute atomic E-state index is 0.177. The third-order valence-electron chi connectivity index (χ3n) is 4.20. The van der Waals surface area contributed by atoms with Gasteiger partial charge in [-0.05, 0) is 31.6 Å². The van der Waals surface area contributed by atoms with Gasteiger partial charge in [0.2, 0.25) is 5.91 Å². The summed E-state index contributed by atoms with van der Waals surface area (Å²) in [7, 11) is 0. The molecule has 3 nitrogen and oxygen atoms in total. The lowest BCUT2D eigenvalue weighted by Gasteiger charge is -2.29. The van der Waals surface area contributed by atoms with Gasteiger partial charge < -0.3 is 5.32 Å². The summed E-state index contributed by atoms with van der Waals surface area (Å²) in [6.45, 7) is 1.81. The summed E-state index contributed by atoms with van der Waals surface area (Å²) >= 11 is 0. The molecule has 2 aliphatic rings. The van der Waals surface area contributed by atoms with Gasteiger partial charge in [-0.3, -0.25) is 10.1 Å². The Morgan fingerprint density at radius 2 is 2.00 bits per heavy atom. The van der Waals surface area contributed by atoms with Crippen molar-refractivity contribution in [1.82, 2.24) is 10.6 Å². The highest BCUT2D eigenvalue weighted by molar-refractivity contribution is 5.82. The lowest BCUT2D eigenvalue weighted by molar-refractivity contribution is -0.124. The molecule has 1 heterocycles. The van der Waals surface area contributed by atoms with Crippen LogP contribution < -0.4 is 10.6 Å². The van der Waals surface area contributed by atoms with Crippen molar-refractivity contribution in [3.8, 4) is 0 Å². The lowest BCUT2D eigenvalue weighted by atomic mass is 9.84. The van der Waals surface area contributed by atoms with Gasteiger partial charge in [-0.25, -0.2) is 8.78 Å². The number of carbonyl (C=O) groups excluding carboxylic acids is 1. The first-order chi connectivity index (χ1) is 8.50. The van der Waals surface area contributed by atoms with Crippen LogP contribution in [0.3, 0.4) is 0 Å². The summed E-state index contributed by atoms with van der Waals surface area (Å²) in [5.41, 5.74) is 0. The molecule has 2 rings (SSSR count). The Balaban J connectivity index is 1.75. The Morgan fingerprint density at radius 3 is 2.50 bits per heavy atom. The summed E-state index contributed by atoms with van der Waals surface area (Å²) < 4.78 is 26.0. The number of alkyl halides is 2. The van der Waals surface area contributed by atoms with E-state index in [4.69, 9.17) is 0 Å². The molecule has 0 aromatic carbocycles. The zero-order valence-corrected chi connectivity index (χ0v) is 10.8. The van der Waals surface area contributed by atoms with Crippen LogP contribution >= 0.6 is 0 Å². The first kappa shape index (κ1) is 13.7. The highest BCUT2D eigenvalue weighted by Crippen LogP contribution is 2.28. The molecule has 0 radical (unpaired) electrons. The largest absolute Gasteiger partial charge is 0.352 e. The molecule has 0 aromatic heterocycles. The van der Waals surface area contributed by atoms with E-state index in [2.05, 4.69) is 17.6 Å². The van der Waals surface area contributed by atoms with Crippen LogP contribution in [0.5, 0.6) is 0 Å². The van der Waals surface area contributed by atoms with E-state index in [9.17, 15) is 13.6 Å². The van der Waals surface area contributed by atoms with Crippen molar-refractivity contribution in [3.05, 3.63) is 0 Å². The molecule has 5 heteroatoms. The maximum atomic E-state index is 13.0. The van der Waals surface area contributed by atoms with E-state index >= 15 is 0 Å². The Kier molecular flexibility index (Phi) is 4.20. The number of nitrogens with one attached hydrogen (secondary N) is 2. The molecule has 1 atom stereocenters. The van der Waals surface area contributed by atoms with E-state index in [1.54, 1.807) is 0 Å². The fourth-order valence-corrected chi connectivity index (χ4v) is 2.92. The zero-order valence-electron chi connectivity index (χ0n) is 10.8. The third-order valence-corrected chi connectivity index (χ3v) is 4.20. The predicted molar refractivity (Wildman–Crippen MR) is 65.5 cm³/mol. The number of rotatable bonds is 3. The standard InChI is InChI=1S/C13H22F2N2O/c1-2-9-3-5-10(6-4-9)17-12(18)11-7-13(14,15)8-16-11/h9-11,16H,2-8H2,1H3,(H,17,18). The molecule has 1 unspecified atom stereocenters. The van der Waals surface area contributed by atoms with Crippen molar-refractivity contribution in [2.24, 2.45) is 5.92 Å². The van der Waals surface area contributed by atoms with Crippen molar-refractivity contribution in [1.29, 1.82) is 0 Å². The minimum atomic E-state index is -2.73. The number of hydrogen-bond acceptors (Lipinski definition) is 2. The fourth-order valence-electron chi connectivity index (χ4n) is 2.92. The lowest BCUT2D eigenvalue weighted by Crippen LogP contribution is -2.46. The van der Waals surface area contributed by atoms with Crippen LogP contribution in [0.4, 0.5) is 8.78 Å². The normalized spacial score (nSPS) is 35.4. The summed E-state index contributed by atoms with van der Waals surface area (Å²) in [6.07, 6.45) is 5.05. The molecule has 0 aromatic rings. The van der Waals surface area contributed by atoms with E-state index < -0.39 is 12.0 Å². The van der Waals surface area contributed by atoms with Crippen molar-refractivity contribution in [2.75, 3.05) is 6.54 Å². The average Bonchev–Trinajstić information content (AvgIpc) is 2.71. The number of hydrogen-bond donors (Lipinski definition) is 2. The second kappa shape index (κ2) is 5.51. The summed E-state index contributed by atoms with van der Waals surface area (Å²) in [6, 6.07) is -0.541. The molecule has 2 N–H and O–H groups in total. The molecule has 104 valence electrons. The number of halogens is 2. The van der Waals surface area contributed by atoms with Gasteiger partial charge in [-0.15, -0.1) is 0 Å². The Hall–Kier alpha value is -0.710. The van der Waals surface area contributed by atoms with Crippen LogP contribution in [-0.2, 0) is 4.79 Å². The molecule has 0 spiro atoms. The van der Waals surface area contributed by atoms with Crippen LogP contribution in [0.15, 0.2) is 0 Å².